The molecule has 0 aliphatic carbocycles. The molecule has 1 atom stereocenters. The van der Waals surface area contributed by atoms with Gasteiger partial charge in [-0.2, -0.15) is 0 Å². The summed E-state index contributed by atoms with van der Waals surface area (Å²) in [6.07, 6.45) is 1.69. The molecule has 1 N–H and O–H groups in total. The van der Waals surface area contributed by atoms with Crippen molar-refractivity contribution in [1.82, 2.24) is 10.2 Å². The molecule has 0 fully saturated rings. The Morgan fingerprint density at radius 1 is 1.00 bits per heavy atom. The van der Waals surface area contributed by atoms with Crippen LogP contribution in [0.3, 0.4) is 0 Å². The van der Waals surface area contributed by atoms with E-state index in [0.717, 1.165) is 23.1 Å². The molecule has 0 bridgehead atoms. The lowest BCUT2D eigenvalue weighted by atomic mass is 10.0. The highest BCUT2D eigenvalue weighted by atomic mass is 16.2. The molecular weight excluding hydrogens is 348 g/mol. The average molecular weight is 381 g/mol. The van der Waals surface area contributed by atoms with E-state index in [0.29, 0.717) is 19.4 Å². The van der Waals surface area contributed by atoms with Gasteiger partial charge in [0.25, 0.3) is 0 Å². The second-order valence-electron chi connectivity index (χ2n) is 7.57. The monoisotopic (exact) mass is 380 g/mol. The Bertz CT molecular complexity index is 771. The van der Waals surface area contributed by atoms with Gasteiger partial charge in [0.1, 0.15) is 6.04 Å². The molecule has 2 aromatic rings. The van der Waals surface area contributed by atoms with Gasteiger partial charge < -0.3 is 10.2 Å². The fourth-order valence-corrected chi connectivity index (χ4v) is 3.26. The van der Waals surface area contributed by atoms with Gasteiger partial charge in [-0.25, -0.2) is 0 Å². The lowest BCUT2D eigenvalue weighted by molar-refractivity contribution is -0.141. The molecule has 0 spiro atoms. The molecule has 2 rings (SSSR count). The van der Waals surface area contributed by atoms with Crippen LogP contribution in [0.15, 0.2) is 54.6 Å². The van der Waals surface area contributed by atoms with Crippen LogP contribution in [0, 0.1) is 6.92 Å². The summed E-state index contributed by atoms with van der Waals surface area (Å²) in [5, 5.41) is 3.01. The van der Waals surface area contributed by atoms with Crippen LogP contribution in [0.2, 0.25) is 0 Å². The van der Waals surface area contributed by atoms with Crippen LogP contribution >= 0.6 is 0 Å². The highest BCUT2D eigenvalue weighted by Gasteiger charge is 2.30. The smallest absolute Gasteiger partial charge is 0.243 e. The number of carbonyl (C=O) groups is 2. The first kappa shape index (κ1) is 21.7. The molecule has 0 aliphatic heterocycles. The van der Waals surface area contributed by atoms with Gasteiger partial charge in [0.2, 0.25) is 11.8 Å². The Kier molecular flexibility index (Phi) is 8.24. The summed E-state index contributed by atoms with van der Waals surface area (Å²) < 4.78 is 0. The average Bonchev–Trinajstić information content (AvgIpc) is 2.66. The van der Waals surface area contributed by atoms with Crippen molar-refractivity contribution in [3.8, 4) is 0 Å². The zero-order valence-electron chi connectivity index (χ0n) is 17.4. The fourth-order valence-electron chi connectivity index (χ4n) is 3.26. The number of nitrogens with one attached hydrogen (secondary N) is 1. The van der Waals surface area contributed by atoms with Crippen LogP contribution in [-0.2, 0) is 22.6 Å². The number of aryl methyl sites for hydroxylation is 1. The van der Waals surface area contributed by atoms with Crippen LogP contribution in [0.1, 0.15) is 50.3 Å². The minimum atomic E-state index is -0.538. The van der Waals surface area contributed by atoms with E-state index in [2.05, 4.69) is 5.32 Å². The molecule has 2 amide bonds. The minimum Gasteiger partial charge on any atom is -0.352 e. The van der Waals surface area contributed by atoms with Crippen molar-refractivity contribution in [1.29, 1.82) is 0 Å². The lowest BCUT2D eigenvalue weighted by Gasteiger charge is -2.32. The summed E-state index contributed by atoms with van der Waals surface area (Å²) in [7, 11) is 0. The van der Waals surface area contributed by atoms with Gasteiger partial charge >= 0.3 is 0 Å². The van der Waals surface area contributed by atoms with Gasteiger partial charge in [0, 0.05) is 25.4 Å². The molecule has 0 unspecified atom stereocenters. The summed E-state index contributed by atoms with van der Waals surface area (Å²) in [6, 6.07) is 17.4. The first-order chi connectivity index (χ1) is 13.4. The van der Waals surface area contributed by atoms with Gasteiger partial charge in [0.05, 0.1) is 0 Å². The van der Waals surface area contributed by atoms with Gasteiger partial charge in [0.15, 0.2) is 0 Å². The van der Waals surface area contributed by atoms with Gasteiger partial charge in [-0.15, -0.1) is 0 Å². The molecule has 2 aromatic carbocycles. The first-order valence-corrected chi connectivity index (χ1v) is 10.1. The van der Waals surface area contributed by atoms with E-state index in [1.54, 1.807) is 4.90 Å². The molecule has 0 saturated heterocycles. The van der Waals surface area contributed by atoms with Crippen molar-refractivity contribution in [2.75, 3.05) is 0 Å². The normalized spacial score (nSPS) is 11.9. The Morgan fingerprint density at radius 3 is 2.25 bits per heavy atom. The van der Waals surface area contributed by atoms with E-state index in [1.165, 1.54) is 0 Å². The molecule has 28 heavy (non-hydrogen) atoms. The van der Waals surface area contributed by atoms with E-state index >= 15 is 0 Å². The molecular formula is C24H32N2O2. The van der Waals surface area contributed by atoms with Crippen molar-refractivity contribution in [3.05, 3.63) is 71.3 Å². The number of rotatable bonds is 9. The second-order valence-corrected chi connectivity index (χ2v) is 7.57. The maximum Gasteiger partial charge on any atom is 0.243 e. The predicted octanol–water partition coefficient (Wildman–Crippen LogP) is 4.26. The van der Waals surface area contributed by atoms with Gasteiger partial charge in [-0.05, 0) is 43.9 Å². The molecule has 0 aliphatic rings. The topological polar surface area (TPSA) is 49.4 Å². The lowest BCUT2D eigenvalue weighted by Crippen LogP contribution is -2.51. The van der Waals surface area contributed by atoms with Crippen molar-refractivity contribution in [2.45, 2.75) is 65.6 Å². The van der Waals surface area contributed by atoms with Gasteiger partial charge in [-0.1, -0.05) is 61.5 Å². The minimum absolute atomic E-state index is 0.0191. The Balaban J connectivity index is 2.39. The third-order valence-corrected chi connectivity index (χ3v) is 4.77. The summed E-state index contributed by atoms with van der Waals surface area (Å²) in [4.78, 5) is 27.9. The zero-order valence-corrected chi connectivity index (χ0v) is 17.4. The number of hydrogen-bond acceptors (Lipinski definition) is 2. The van der Waals surface area contributed by atoms with E-state index in [-0.39, 0.29) is 17.9 Å². The fraction of sp³-hybridized carbons (Fsp3) is 0.417. The number of benzene rings is 2. The van der Waals surface area contributed by atoms with E-state index in [1.807, 2.05) is 82.3 Å². The first-order valence-electron chi connectivity index (χ1n) is 10.1. The van der Waals surface area contributed by atoms with Crippen LogP contribution in [-0.4, -0.2) is 28.8 Å². The molecule has 0 aromatic heterocycles. The maximum absolute atomic E-state index is 13.1. The Labute approximate surface area is 169 Å². The summed E-state index contributed by atoms with van der Waals surface area (Å²) in [6.45, 7) is 8.35. The molecule has 0 radical (unpaired) electrons. The number of carbonyl (C=O) groups excluding carboxylic acids is 2. The van der Waals surface area contributed by atoms with E-state index in [4.69, 9.17) is 0 Å². The number of nitrogens with zero attached hydrogens (tertiary/aromatic N) is 1. The number of amides is 2. The van der Waals surface area contributed by atoms with Crippen molar-refractivity contribution in [3.63, 3.8) is 0 Å². The SMILES string of the molecule is CCCC(=O)N(Cc1ccccc1C)[C@H](Cc1ccccc1)C(=O)NC(C)C. The highest BCUT2D eigenvalue weighted by molar-refractivity contribution is 5.88. The Hall–Kier alpha value is -2.62. The third kappa shape index (κ3) is 6.22. The van der Waals surface area contributed by atoms with Crippen molar-refractivity contribution in [2.24, 2.45) is 0 Å². The third-order valence-electron chi connectivity index (χ3n) is 4.77. The Morgan fingerprint density at radius 2 is 1.64 bits per heavy atom. The summed E-state index contributed by atoms with van der Waals surface area (Å²) in [5.74, 6) is -0.0810. The zero-order chi connectivity index (χ0) is 20.5. The highest BCUT2D eigenvalue weighted by Crippen LogP contribution is 2.18. The quantitative estimate of drug-likeness (QED) is 0.707. The molecule has 150 valence electrons. The molecule has 0 heterocycles. The largest absolute Gasteiger partial charge is 0.352 e. The predicted molar refractivity (Wildman–Crippen MR) is 114 cm³/mol. The van der Waals surface area contributed by atoms with Crippen LogP contribution < -0.4 is 5.32 Å². The van der Waals surface area contributed by atoms with Crippen LogP contribution in [0.5, 0.6) is 0 Å². The second kappa shape index (κ2) is 10.6. The van der Waals surface area contributed by atoms with Crippen LogP contribution in [0.4, 0.5) is 0 Å². The molecule has 0 saturated carbocycles. The molecule has 4 nitrogen and oxygen atoms in total. The summed E-state index contributed by atoms with van der Waals surface area (Å²) in [5.41, 5.74) is 3.24. The van der Waals surface area contributed by atoms with Crippen molar-refractivity contribution >= 4 is 11.8 Å². The van der Waals surface area contributed by atoms with E-state index in [9.17, 15) is 9.59 Å². The van der Waals surface area contributed by atoms with Crippen LogP contribution in [0.25, 0.3) is 0 Å². The standard InChI is InChI=1S/C24H32N2O2/c1-5-11-23(27)26(17-21-15-10-9-12-19(21)4)22(24(28)25-18(2)3)16-20-13-7-6-8-14-20/h6-10,12-15,18,22H,5,11,16-17H2,1-4H3,(H,25,28)/t22-/m1/s1. The van der Waals surface area contributed by atoms with Crippen molar-refractivity contribution < 1.29 is 9.59 Å². The number of hydrogen-bond donors (Lipinski definition) is 1. The summed E-state index contributed by atoms with van der Waals surface area (Å²) >= 11 is 0. The van der Waals surface area contributed by atoms with Gasteiger partial charge in [-0.3, -0.25) is 9.59 Å². The maximum atomic E-state index is 13.1. The van der Waals surface area contributed by atoms with E-state index < -0.39 is 6.04 Å². The molecule has 4 heteroatoms.